The zero-order valence-corrected chi connectivity index (χ0v) is 10.2. The number of benzene rings is 1. The molecule has 16 heavy (non-hydrogen) atoms. The highest BCUT2D eigenvalue weighted by molar-refractivity contribution is 9.10. The molecule has 1 aliphatic heterocycles. The van der Waals surface area contributed by atoms with Gasteiger partial charge in [0.05, 0.1) is 20.6 Å². The Kier molecular flexibility index (Phi) is 2.67. The summed E-state index contributed by atoms with van der Waals surface area (Å²) < 4.78 is 0.460. The molecule has 1 aromatic carbocycles. The van der Waals surface area contributed by atoms with Gasteiger partial charge in [-0.3, -0.25) is 14.9 Å². The number of halogens is 1. The number of nitro groups is 1. The lowest BCUT2D eigenvalue weighted by Gasteiger charge is -2.14. The lowest BCUT2D eigenvalue weighted by Crippen LogP contribution is -2.25. The Bertz CT molecular complexity index is 487. The molecule has 0 radical (unpaired) electrons. The lowest BCUT2D eigenvalue weighted by atomic mass is 10.1. The first-order chi connectivity index (χ1) is 7.52. The van der Waals surface area contributed by atoms with Crippen LogP contribution < -0.4 is 4.90 Å². The molecule has 0 spiro atoms. The van der Waals surface area contributed by atoms with Crippen LogP contribution in [-0.2, 0) is 11.2 Å². The van der Waals surface area contributed by atoms with Gasteiger partial charge in [0.25, 0.3) is 5.69 Å². The van der Waals surface area contributed by atoms with E-state index in [0.29, 0.717) is 28.7 Å². The Morgan fingerprint density at radius 1 is 1.56 bits per heavy atom. The van der Waals surface area contributed by atoms with Crippen LogP contribution in [0.2, 0.25) is 0 Å². The summed E-state index contributed by atoms with van der Waals surface area (Å²) >= 11 is 3.16. The molecule has 0 atom stereocenters. The largest absolute Gasteiger partial charge is 0.312 e. The van der Waals surface area contributed by atoms with Crippen molar-refractivity contribution in [3.8, 4) is 0 Å². The molecule has 1 amide bonds. The summed E-state index contributed by atoms with van der Waals surface area (Å²) in [6.45, 7) is 1.98. The van der Waals surface area contributed by atoms with Gasteiger partial charge < -0.3 is 4.90 Å². The van der Waals surface area contributed by atoms with Crippen LogP contribution in [0, 0.1) is 10.1 Å². The third kappa shape index (κ3) is 1.59. The average Bonchev–Trinajstić information content (AvgIpc) is 2.59. The molecule has 0 saturated heterocycles. The number of rotatable bonds is 1. The number of fused-ring (bicyclic) bond motifs is 1. The third-order valence-electron chi connectivity index (χ3n) is 2.65. The summed E-state index contributed by atoms with van der Waals surface area (Å²) in [5, 5.41) is 10.9. The highest BCUT2D eigenvalue weighted by Crippen LogP contribution is 2.39. The molecular formula is C10H9BrN2O3. The van der Waals surface area contributed by atoms with Crippen molar-refractivity contribution in [1.82, 2.24) is 0 Å². The number of nitrogens with zero attached hydrogens (tertiary/aromatic N) is 2. The Hall–Kier alpha value is -1.43. The van der Waals surface area contributed by atoms with Gasteiger partial charge in [-0.1, -0.05) is 0 Å². The molecular weight excluding hydrogens is 276 g/mol. The average molecular weight is 285 g/mol. The van der Waals surface area contributed by atoms with Crippen molar-refractivity contribution < 1.29 is 9.72 Å². The molecule has 0 saturated carbocycles. The SMILES string of the molecule is CC(=O)N1CCc2c1ccc(Br)c2[N+](=O)[O-]. The van der Waals surface area contributed by atoms with Crippen LogP contribution in [0.5, 0.6) is 0 Å². The van der Waals surface area contributed by atoms with E-state index in [4.69, 9.17) is 0 Å². The first-order valence-corrected chi connectivity index (χ1v) is 5.55. The summed E-state index contributed by atoms with van der Waals surface area (Å²) in [5.74, 6) is -0.0876. The molecule has 0 aromatic heterocycles. The Balaban J connectivity index is 2.60. The summed E-state index contributed by atoms with van der Waals surface area (Å²) in [4.78, 5) is 23.4. The third-order valence-corrected chi connectivity index (χ3v) is 3.29. The zero-order valence-electron chi connectivity index (χ0n) is 8.57. The van der Waals surface area contributed by atoms with E-state index >= 15 is 0 Å². The number of carbonyl (C=O) groups is 1. The first kappa shape index (κ1) is 11.1. The van der Waals surface area contributed by atoms with Crippen LogP contribution in [0.3, 0.4) is 0 Å². The van der Waals surface area contributed by atoms with Crippen molar-refractivity contribution in [2.75, 3.05) is 11.4 Å². The predicted molar refractivity (Wildman–Crippen MR) is 62.5 cm³/mol. The van der Waals surface area contributed by atoms with Crippen molar-refractivity contribution in [2.24, 2.45) is 0 Å². The van der Waals surface area contributed by atoms with E-state index in [0.717, 1.165) is 0 Å². The summed E-state index contributed by atoms with van der Waals surface area (Å²) in [5.41, 5.74) is 1.36. The van der Waals surface area contributed by atoms with Crippen LogP contribution in [0.1, 0.15) is 12.5 Å². The standard InChI is InChI=1S/C10H9BrN2O3/c1-6(14)12-5-4-7-9(12)3-2-8(11)10(7)13(15)16/h2-3H,4-5H2,1H3. The van der Waals surface area contributed by atoms with Crippen molar-refractivity contribution in [3.63, 3.8) is 0 Å². The van der Waals surface area contributed by atoms with Crippen LogP contribution in [0.15, 0.2) is 16.6 Å². The fourth-order valence-corrected chi connectivity index (χ4v) is 2.48. The molecule has 0 bridgehead atoms. The monoisotopic (exact) mass is 284 g/mol. The van der Waals surface area contributed by atoms with Crippen LogP contribution in [-0.4, -0.2) is 17.4 Å². The van der Waals surface area contributed by atoms with Gasteiger partial charge in [-0.15, -0.1) is 0 Å². The highest BCUT2D eigenvalue weighted by atomic mass is 79.9. The molecule has 84 valence electrons. The van der Waals surface area contributed by atoms with Crippen molar-refractivity contribution in [2.45, 2.75) is 13.3 Å². The van der Waals surface area contributed by atoms with Gasteiger partial charge >= 0.3 is 0 Å². The van der Waals surface area contributed by atoms with Gasteiger partial charge in [0.1, 0.15) is 0 Å². The van der Waals surface area contributed by atoms with Gasteiger partial charge in [-0.05, 0) is 34.5 Å². The van der Waals surface area contributed by atoms with E-state index in [2.05, 4.69) is 15.9 Å². The van der Waals surface area contributed by atoms with Gasteiger partial charge in [0, 0.05) is 13.5 Å². The molecule has 0 unspecified atom stereocenters. The van der Waals surface area contributed by atoms with E-state index < -0.39 is 4.92 Å². The van der Waals surface area contributed by atoms with Gasteiger partial charge in [0.2, 0.25) is 5.91 Å². The second kappa shape index (κ2) is 3.86. The van der Waals surface area contributed by atoms with E-state index in [1.807, 2.05) is 0 Å². The summed E-state index contributed by atoms with van der Waals surface area (Å²) in [7, 11) is 0. The normalized spacial score (nSPS) is 13.8. The zero-order chi connectivity index (χ0) is 11.9. The predicted octanol–water partition coefficient (Wildman–Crippen LogP) is 2.27. The van der Waals surface area contributed by atoms with E-state index in [-0.39, 0.29) is 11.6 Å². The Morgan fingerprint density at radius 2 is 2.25 bits per heavy atom. The highest BCUT2D eigenvalue weighted by Gasteiger charge is 2.30. The fraction of sp³-hybridized carbons (Fsp3) is 0.300. The number of nitro benzene ring substituents is 1. The smallest absolute Gasteiger partial charge is 0.288 e. The summed E-state index contributed by atoms with van der Waals surface area (Å²) in [6, 6.07) is 3.35. The Morgan fingerprint density at radius 3 is 2.81 bits per heavy atom. The molecule has 0 fully saturated rings. The summed E-state index contributed by atoms with van der Waals surface area (Å²) in [6.07, 6.45) is 0.532. The minimum Gasteiger partial charge on any atom is -0.312 e. The van der Waals surface area contributed by atoms with Crippen LogP contribution in [0.4, 0.5) is 11.4 Å². The second-order valence-electron chi connectivity index (χ2n) is 3.57. The fourth-order valence-electron chi connectivity index (χ4n) is 1.96. The molecule has 0 aliphatic carbocycles. The maximum atomic E-state index is 11.3. The van der Waals surface area contributed by atoms with Crippen LogP contribution in [0.25, 0.3) is 0 Å². The van der Waals surface area contributed by atoms with Gasteiger partial charge in [0.15, 0.2) is 0 Å². The number of amides is 1. The van der Waals surface area contributed by atoms with Gasteiger partial charge in [-0.25, -0.2) is 0 Å². The molecule has 1 aromatic rings. The molecule has 0 N–H and O–H groups in total. The first-order valence-electron chi connectivity index (χ1n) is 4.76. The van der Waals surface area contributed by atoms with E-state index in [1.165, 1.54) is 6.92 Å². The Labute approximate surface area is 100 Å². The molecule has 2 rings (SSSR count). The van der Waals surface area contributed by atoms with Crippen molar-refractivity contribution in [1.29, 1.82) is 0 Å². The van der Waals surface area contributed by atoms with Crippen LogP contribution >= 0.6 is 15.9 Å². The number of hydrogen-bond acceptors (Lipinski definition) is 3. The number of carbonyl (C=O) groups excluding carboxylic acids is 1. The minimum atomic E-state index is -0.410. The quantitative estimate of drug-likeness (QED) is 0.587. The maximum absolute atomic E-state index is 11.3. The van der Waals surface area contributed by atoms with Crippen molar-refractivity contribution >= 4 is 33.2 Å². The minimum absolute atomic E-state index is 0.0706. The maximum Gasteiger partial charge on any atom is 0.288 e. The molecule has 1 aliphatic rings. The molecule has 5 nitrogen and oxygen atoms in total. The van der Waals surface area contributed by atoms with E-state index in [9.17, 15) is 14.9 Å². The van der Waals surface area contributed by atoms with Crippen molar-refractivity contribution in [3.05, 3.63) is 32.3 Å². The number of hydrogen-bond donors (Lipinski definition) is 0. The number of anilines is 1. The van der Waals surface area contributed by atoms with E-state index in [1.54, 1.807) is 17.0 Å². The molecule has 1 heterocycles. The topological polar surface area (TPSA) is 63.5 Å². The molecule has 6 heteroatoms. The van der Waals surface area contributed by atoms with Gasteiger partial charge in [-0.2, -0.15) is 0 Å². The second-order valence-corrected chi connectivity index (χ2v) is 4.43. The lowest BCUT2D eigenvalue weighted by molar-refractivity contribution is -0.386.